The molecule has 0 radical (unpaired) electrons. The summed E-state index contributed by atoms with van der Waals surface area (Å²) in [5.74, 6) is 0. The van der Waals surface area contributed by atoms with Gasteiger partial charge in [-0.15, -0.1) is 10.2 Å². The zero-order valence-corrected chi connectivity index (χ0v) is 17.0. The fraction of sp³-hybridized carbons (Fsp3) is 0.200. The first-order valence-corrected chi connectivity index (χ1v) is 9.56. The van der Waals surface area contributed by atoms with Crippen LogP contribution in [0.3, 0.4) is 0 Å². The molecule has 29 heavy (non-hydrogen) atoms. The first-order valence-electron chi connectivity index (χ1n) is 8.75. The van der Waals surface area contributed by atoms with Crippen molar-refractivity contribution in [2.45, 2.75) is 26.8 Å². The minimum absolute atomic E-state index is 0.406. The van der Waals surface area contributed by atoms with Crippen molar-refractivity contribution in [2.24, 2.45) is 5.10 Å². The molecule has 0 saturated heterocycles. The molecule has 2 aromatic rings. The summed E-state index contributed by atoms with van der Waals surface area (Å²) >= 11 is 1.45. The van der Waals surface area contributed by atoms with E-state index in [9.17, 15) is 5.26 Å². The Hall–Kier alpha value is -3.82. The predicted molar refractivity (Wildman–Crippen MR) is 113 cm³/mol. The fourth-order valence-electron chi connectivity index (χ4n) is 2.68. The topological polar surface area (TPSA) is 114 Å². The lowest BCUT2D eigenvalue weighted by Crippen LogP contribution is -2.19. The van der Waals surface area contributed by atoms with E-state index in [0.717, 1.165) is 21.3 Å². The number of hydrogen-bond acceptors (Lipinski definition) is 9. The third kappa shape index (κ3) is 4.21. The van der Waals surface area contributed by atoms with E-state index >= 15 is 0 Å². The second-order valence-electron chi connectivity index (χ2n) is 6.17. The molecule has 0 fully saturated rings. The van der Waals surface area contributed by atoms with Crippen molar-refractivity contribution >= 4 is 28.9 Å². The van der Waals surface area contributed by atoms with Crippen LogP contribution in [0.15, 0.2) is 47.4 Å². The number of allylic oxidation sites excluding steroid dienone is 3. The van der Waals surface area contributed by atoms with Crippen molar-refractivity contribution in [3.05, 3.63) is 53.0 Å². The van der Waals surface area contributed by atoms with Crippen LogP contribution in [-0.2, 0) is 0 Å². The molecule has 9 heteroatoms. The molecule has 0 aliphatic carbocycles. The van der Waals surface area contributed by atoms with Gasteiger partial charge in [0.1, 0.15) is 17.1 Å². The van der Waals surface area contributed by atoms with Gasteiger partial charge in [0, 0.05) is 11.9 Å². The number of aryl methyl sites for hydroxylation is 1. The lowest BCUT2D eigenvalue weighted by atomic mass is 10.1. The minimum atomic E-state index is -0.406. The number of nitriles is 2. The molecule has 3 rings (SSSR count). The molecule has 1 N–H and O–H groups in total. The summed E-state index contributed by atoms with van der Waals surface area (Å²) in [5.41, 5.74) is 3.82. The van der Waals surface area contributed by atoms with Gasteiger partial charge in [0.2, 0.25) is 0 Å². The zero-order chi connectivity index (χ0) is 21.0. The molecule has 3 heterocycles. The summed E-state index contributed by atoms with van der Waals surface area (Å²) in [6.07, 6.45) is 6.71. The van der Waals surface area contributed by atoms with Crippen molar-refractivity contribution < 1.29 is 0 Å². The van der Waals surface area contributed by atoms with E-state index in [0.29, 0.717) is 22.7 Å². The van der Waals surface area contributed by atoms with Gasteiger partial charge in [0.15, 0.2) is 5.01 Å². The smallest absolute Gasteiger partial charge is 0.151 e. The van der Waals surface area contributed by atoms with Crippen molar-refractivity contribution in [2.75, 3.05) is 5.32 Å². The SMILES string of the molecule is C=C1C=C(C#N)C=NN1/C(=C\C)c1cc(NC(C)C#N)c(-c2nnc(C)s2)cn1. The minimum Gasteiger partial charge on any atom is -0.369 e. The van der Waals surface area contributed by atoms with Crippen LogP contribution < -0.4 is 5.32 Å². The summed E-state index contributed by atoms with van der Waals surface area (Å²) in [6.45, 7) is 9.51. The summed E-state index contributed by atoms with van der Waals surface area (Å²) in [5, 5.41) is 37.3. The van der Waals surface area contributed by atoms with E-state index in [2.05, 4.69) is 44.3 Å². The number of hydrazone groups is 1. The molecule has 0 aromatic carbocycles. The Kier molecular flexibility index (Phi) is 5.82. The van der Waals surface area contributed by atoms with E-state index in [1.54, 1.807) is 24.2 Å². The normalized spacial score (nSPS) is 14.8. The zero-order valence-electron chi connectivity index (χ0n) is 16.2. The van der Waals surface area contributed by atoms with Crippen molar-refractivity contribution in [3.8, 4) is 22.7 Å². The van der Waals surface area contributed by atoms with Crippen LogP contribution in [0.2, 0.25) is 0 Å². The molecule has 0 bridgehead atoms. The molecule has 8 nitrogen and oxygen atoms in total. The predicted octanol–water partition coefficient (Wildman–Crippen LogP) is 3.86. The number of rotatable bonds is 5. The van der Waals surface area contributed by atoms with Gasteiger partial charge in [-0.2, -0.15) is 15.6 Å². The van der Waals surface area contributed by atoms with E-state index < -0.39 is 6.04 Å². The maximum atomic E-state index is 9.24. The molecule has 0 amide bonds. The second-order valence-corrected chi connectivity index (χ2v) is 7.35. The average molecular weight is 402 g/mol. The first kappa shape index (κ1) is 19.9. The Morgan fingerprint density at radius 3 is 2.76 bits per heavy atom. The van der Waals surface area contributed by atoms with E-state index in [1.807, 2.05) is 26.0 Å². The highest BCUT2D eigenvalue weighted by atomic mass is 32.1. The lowest BCUT2D eigenvalue weighted by Gasteiger charge is -2.25. The summed E-state index contributed by atoms with van der Waals surface area (Å²) < 4.78 is 0. The Labute approximate surface area is 172 Å². The first-order chi connectivity index (χ1) is 14.0. The van der Waals surface area contributed by atoms with Gasteiger partial charge in [0.05, 0.1) is 40.5 Å². The van der Waals surface area contributed by atoms with Gasteiger partial charge >= 0.3 is 0 Å². The van der Waals surface area contributed by atoms with Crippen LogP contribution in [0.4, 0.5) is 5.69 Å². The molecule has 1 aliphatic heterocycles. The van der Waals surface area contributed by atoms with Crippen LogP contribution in [-0.4, -0.2) is 32.4 Å². The number of pyridine rings is 1. The summed E-state index contributed by atoms with van der Waals surface area (Å²) in [7, 11) is 0. The van der Waals surface area contributed by atoms with Crippen LogP contribution in [0, 0.1) is 29.6 Å². The third-order valence-corrected chi connectivity index (χ3v) is 4.90. The molecule has 0 spiro atoms. The van der Waals surface area contributed by atoms with Crippen LogP contribution in [0.1, 0.15) is 24.5 Å². The highest BCUT2D eigenvalue weighted by molar-refractivity contribution is 7.14. The lowest BCUT2D eigenvalue weighted by molar-refractivity contribution is 0.537. The maximum Gasteiger partial charge on any atom is 0.151 e. The number of aromatic nitrogens is 3. The van der Waals surface area contributed by atoms with Crippen LogP contribution in [0.5, 0.6) is 0 Å². The molecule has 0 saturated carbocycles. The molecule has 1 aliphatic rings. The second kappa shape index (κ2) is 8.46. The van der Waals surface area contributed by atoms with Gasteiger partial charge in [-0.05, 0) is 32.9 Å². The van der Waals surface area contributed by atoms with Crippen molar-refractivity contribution in [3.63, 3.8) is 0 Å². The fourth-order valence-corrected chi connectivity index (χ4v) is 3.40. The Bertz CT molecular complexity index is 1130. The number of nitrogens with one attached hydrogen (secondary N) is 1. The summed E-state index contributed by atoms with van der Waals surface area (Å²) in [4.78, 5) is 4.58. The molecule has 144 valence electrons. The maximum absolute atomic E-state index is 9.24. The standard InChI is InChI=1S/C20H18N8S/c1-5-19(28-13(3)6-15(9-22)10-24-28)18-7-17(25-12(2)8-21)16(11-23-18)20-27-26-14(4)29-20/h5-7,10-12H,3H2,1-2,4H3,(H,23,25)/b19-5-. The Morgan fingerprint density at radius 2 is 2.17 bits per heavy atom. The van der Waals surface area contributed by atoms with E-state index in [-0.39, 0.29) is 0 Å². The van der Waals surface area contributed by atoms with Gasteiger partial charge < -0.3 is 5.32 Å². The highest BCUT2D eigenvalue weighted by Crippen LogP contribution is 2.34. The highest BCUT2D eigenvalue weighted by Gasteiger charge is 2.20. The Balaban J connectivity index is 2.03. The number of hydrogen-bond donors (Lipinski definition) is 1. The van der Waals surface area contributed by atoms with Crippen LogP contribution in [0.25, 0.3) is 16.3 Å². The van der Waals surface area contributed by atoms with Gasteiger partial charge in [0.25, 0.3) is 0 Å². The molecule has 1 atom stereocenters. The van der Waals surface area contributed by atoms with Crippen molar-refractivity contribution in [1.82, 2.24) is 20.2 Å². The van der Waals surface area contributed by atoms with Crippen molar-refractivity contribution in [1.29, 1.82) is 10.5 Å². The van der Waals surface area contributed by atoms with E-state index in [1.165, 1.54) is 17.6 Å². The molecular formula is C20H18N8S. The van der Waals surface area contributed by atoms with Crippen LogP contribution >= 0.6 is 11.3 Å². The average Bonchev–Trinajstić information content (AvgIpc) is 3.15. The van der Waals surface area contributed by atoms with E-state index in [4.69, 9.17) is 5.26 Å². The number of anilines is 1. The van der Waals surface area contributed by atoms with Gasteiger partial charge in [-0.1, -0.05) is 24.0 Å². The summed E-state index contributed by atoms with van der Waals surface area (Å²) in [6, 6.07) is 5.67. The molecule has 1 unspecified atom stereocenters. The van der Waals surface area contributed by atoms with Gasteiger partial charge in [-0.25, -0.2) is 5.01 Å². The molecule has 2 aromatic heterocycles. The van der Waals surface area contributed by atoms with Gasteiger partial charge in [-0.3, -0.25) is 4.98 Å². The molecular weight excluding hydrogens is 384 g/mol. The number of nitrogens with zero attached hydrogens (tertiary/aromatic N) is 7. The quantitative estimate of drug-likeness (QED) is 0.807. The third-order valence-electron chi connectivity index (χ3n) is 4.03. The largest absolute Gasteiger partial charge is 0.369 e. The Morgan fingerprint density at radius 1 is 1.38 bits per heavy atom. The monoisotopic (exact) mass is 402 g/mol.